The molecule has 1 N–H and O–H groups in total. The maximum absolute atomic E-state index is 6.23. The second-order valence-corrected chi connectivity index (χ2v) is 7.73. The van der Waals surface area contributed by atoms with Crippen molar-refractivity contribution in [3.05, 3.63) is 100 Å². The van der Waals surface area contributed by atoms with Gasteiger partial charge in [0.25, 0.3) is 0 Å². The van der Waals surface area contributed by atoms with Gasteiger partial charge in [0.1, 0.15) is 6.61 Å². The van der Waals surface area contributed by atoms with Crippen molar-refractivity contribution in [1.29, 1.82) is 0 Å². The van der Waals surface area contributed by atoms with Crippen molar-refractivity contribution in [2.45, 2.75) is 13.2 Å². The first-order chi connectivity index (χ1) is 14.6. The summed E-state index contributed by atoms with van der Waals surface area (Å²) in [6.45, 7) is 1.01. The average Bonchev–Trinajstić information content (AvgIpc) is 2.77. The van der Waals surface area contributed by atoms with E-state index in [9.17, 15) is 0 Å². The van der Waals surface area contributed by atoms with Crippen molar-refractivity contribution in [3.63, 3.8) is 0 Å². The molecular formula is C25H21Cl2NO2. The molecule has 0 heterocycles. The third-order valence-corrected chi connectivity index (χ3v) is 5.49. The highest BCUT2D eigenvalue weighted by atomic mass is 35.5. The molecule has 0 fully saturated rings. The summed E-state index contributed by atoms with van der Waals surface area (Å²) in [6.07, 6.45) is 0. The van der Waals surface area contributed by atoms with Gasteiger partial charge in [-0.1, -0.05) is 71.7 Å². The first-order valence-corrected chi connectivity index (χ1v) is 10.3. The minimum Gasteiger partial charge on any atom is -0.493 e. The Balaban J connectivity index is 1.46. The summed E-state index contributed by atoms with van der Waals surface area (Å²) < 4.78 is 11.5. The standard InChI is InChI=1S/C25H21Cl2NO2/c1-29-25-13-17(15-28-23-8-4-6-18-5-2-3-7-21(18)23)9-12-24(25)30-16-19-10-11-20(26)14-22(19)27/h2-14,28H,15-16H2,1H3. The topological polar surface area (TPSA) is 30.5 Å². The van der Waals surface area contributed by atoms with Crippen LogP contribution >= 0.6 is 23.2 Å². The summed E-state index contributed by atoms with van der Waals surface area (Å²) in [4.78, 5) is 0. The summed E-state index contributed by atoms with van der Waals surface area (Å²) >= 11 is 12.2. The molecule has 4 aromatic rings. The lowest BCUT2D eigenvalue weighted by Crippen LogP contribution is -2.02. The van der Waals surface area contributed by atoms with E-state index in [2.05, 4.69) is 41.7 Å². The van der Waals surface area contributed by atoms with Gasteiger partial charge in [0.05, 0.1) is 7.11 Å². The number of nitrogens with one attached hydrogen (secondary N) is 1. The summed E-state index contributed by atoms with van der Waals surface area (Å²) in [7, 11) is 1.64. The molecule has 0 saturated heterocycles. The van der Waals surface area contributed by atoms with Crippen LogP contribution in [0.15, 0.2) is 78.9 Å². The monoisotopic (exact) mass is 437 g/mol. The van der Waals surface area contributed by atoms with E-state index in [1.807, 2.05) is 30.3 Å². The van der Waals surface area contributed by atoms with Gasteiger partial charge in [0, 0.05) is 33.2 Å². The van der Waals surface area contributed by atoms with E-state index in [0.29, 0.717) is 34.7 Å². The minimum absolute atomic E-state index is 0.333. The molecule has 0 radical (unpaired) electrons. The van der Waals surface area contributed by atoms with Crippen LogP contribution in [-0.4, -0.2) is 7.11 Å². The van der Waals surface area contributed by atoms with Gasteiger partial charge < -0.3 is 14.8 Å². The van der Waals surface area contributed by atoms with E-state index in [1.165, 1.54) is 10.8 Å². The Bertz CT molecular complexity index is 1170. The number of fused-ring (bicyclic) bond motifs is 1. The van der Waals surface area contributed by atoms with Gasteiger partial charge in [-0.2, -0.15) is 0 Å². The fraction of sp³-hybridized carbons (Fsp3) is 0.120. The van der Waals surface area contributed by atoms with Gasteiger partial charge in [-0.25, -0.2) is 0 Å². The predicted octanol–water partition coefficient (Wildman–Crippen LogP) is 7.35. The molecule has 0 atom stereocenters. The van der Waals surface area contributed by atoms with Crippen LogP contribution < -0.4 is 14.8 Å². The number of anilines is 1. The van der Waals surface area contributed by atoms with Crippen LogP contribution in [-0.2, 0) is 13.2 Å². The van der Waals surface area contributed by atoms with Gasteiger partial charge in [0.2, 0.25) is 0 Å². The predicted molar refractivity (Wildman–Crippen MR) is 125 cm³/mol. The summed E-state index contributed by atoms with van der Waals surface area (Å²) in [5.74, 6) is 1.34. The molecule has 30 heavy (non-hydrogen) atoms. The Hall–Kier alpha value is -2.88. The molecule has 5 heteroatoms. The zero-order chi connectivity index (χ0) is 20.9. The minimum atomic E-state index is 0.333. The maximum Gasteiger partial charge on any atom is 0.161 e. The highest BCUT2D eigenvalue weighted by Crippen LogP contribution is 2.31. The van der Waals surface area contributed by atoms with Crippen molar-refractivity contribution >= 4 is 39.7 Å². The smallest absolute Gasteiger partial charge is 0.161 e. The fourth-order valence-corrected chi connectivity index (χ4v) is 3.78. The highest BCUT2D eigenvalue weighted by molar-refractivity contribution is 6.35. The van der Waals surface area contributed by atoms with E-state index in [-0.39, 0.29) is 0 Å². The SMILES string of the molecule is COc1cc(CNc2cccc3ccccc23)ccc1OCc1ccc(Cl)cc1Cl. The quantitative estimate of drug-likeness (QED) is 0.327. The molecule has 0 spiro atoms. The normalized spacial score (nSPS) is 10.8. The molecular weight excluding hydrogens is 417 g/mol. The molecule has 152 valence electrons. The third kappa shape index (κ3) is 4.64. The molecule has 4 rings (SSSR count). The first-order valence-electron chi connectivity index (χ1n) is 9.59. The Morgan fingerprint density at radius 2 is 1.67 bits per heavy atom. The first kappa shape index (κ1) is 20.4. The molecule has 0 aromatic heterocycles. The van der Waals surface area contributed by atoms with E-state index < -0.39 is 0 Å². The van der Waals surface area contributed by atoms with Crippen molar-refractivity contribution in [2.75, 3.05) is 12.4 Å². The van der Waals surface area contributed by atoms with Crippen LogP contribution in [0.4, 0.5) is 5.69 Å². The molecule has 0 aliphatic carbocycles. The lowest BCUT2D eigenvalue weighted by atomic mass is 10.1. The van der Waals surface area contributed by atoms with Crippen LogP contribution in [0.5, 0.6) is 11.5 Å². The molecule has 0 aliphatic heterocycles. The molecule has 3 nitrogen and oxygen atoms in total. The number of hydrogen-bond acceptors (Lipinski definition) is 3. The van der Waals surface area contributed by atoms with Gasteiger partial charge in [-0.3, -0.25) is 0 Å². The van der Waals surface area contributed by atoms with Gasteiger partial charge in [0.15, 0.2) is 11.5 Å². The second-order valence-electron chi connectivity index (χ2n) is 6.89. The van der Waals surface area contributed by atoms with Gasteiger partial charge >= 0.3 is 0 Å². The van der Waals surface area contributed by atoms with Crippen molar-refractivity contribution < 1.29 is 9.47 Å². The average molecular weight is 438 g/mol. The van der Waals surface area contributed by atoms with Crippen LogP contribution in [0.25, 0.3) is 10.8 Å². The van der Waals surface area contributed by atoms with Crippen molar-refractivity contribution in [3.8, 4) is 11.5 Å². The molecule has 0 amide bonds. The molecule has 0 aliphatic rings. The molecule has 0 unspecified atom stereocenters. The van der Waals surface area contributed by atoms with Crippen LogP contribution in [0, 0.1) is 0 Å². The number of methoxy groups -OCH3 is 1. The Morgan fingerprint density at radius 1 is 0.833 bits per heavy atom. The number of rotatable bonds is 7. The number of hydrogen-bond donors (Lipinski definition) is 1. The second kappa shape index (κ2) is 9.29. The Morgan fingerprint density at radius 3 is 2.50 bits per heavy atom. The molecule has 0 bridgehead atoms. The zero-order valence-electron chi connectivity index (χ0n) is 16.5. The van der Waals surface area contributed by atoms with Gasteiger partial charge in [-0.15, -0.1) is 0 Å². The van der Waals surface area contributed by atoms with E-state index in [1.54, 1.807) is 19.2 Å². The largest absolute Gasteiger partial charge is 0.493 e. The summed E-state index contributed by atoms with van der Waals surface area (Å²) in [6, 6.07) is 25.9. The number of ether oxygens (including phenoxy) is 2. The van der Waals surface area contributed by atoms with Gasteiger partial charge in [-0.05, 0) is 41.3 Å². The Kier molecular flexibility index (Phi) is 6.32. The maximum atomic E-state index is 6.23. The molecule has 0 saturated carbocycles. The summed E-state index contributed by atoms with van der Waals surface area (Å²) in [5.41, 5.74) is 3.06. The fourth-order valence-electron chi connectivity index (χ4n) is 3.31. The van der Waals surface area contributed by atoms with Crippen molar-refractivity contribution in [1.82, 2.24) is 0 Å². The molecule has 4 aromatic carbocycles. The van der Waals surface area contributed by atoms with Crippen LogP contribution in [0.3, 0.4) is 0 Å². The lowest BCUT2D eigenvalue weighted by Gasteiger charge is -2.14. The summed E-state index contributed by atoms with van der Waals surface area (Å²) in [5, 5.41) is 7.11. The van der Waals surface area contributed by atoms with Crippen LogP contribution in [0.1, 0.15) is 11.1 Å². The number of halogens is 2. The highest BCUT2D eigenvalue weighted by Gasteiger charge is 2.09. The Labute approximate surface area is 186 Å². The third-order valence-electron chi connectivity index (χ3n) is 4.90. The van der Waals surface area contributed by atoms with E-state index >= 15 is 0 Å². The van der Waals surface area contributed by atoms with Crippen LogP contribution in [0.2, 0.25) is 10.0 Å². The van der Waals surface area contributed by atoms with Crippen molar-refractivity contribution in [2.24, 2.45) is 0 Å². The van der Waals surface area contributed by atoms with E-state index in [4.69, 9.17) is 32.7 Å². The zero-order valence-corrected chi connectivity index (χ0v) is 18.0. The number of benzene rings is 4. The van der Waals surface area contributed by atoms with E-state index in [0.717, 1.165) is 16.8 Å². The lowest BCUT2D eigenvalue weighted by molar-refractivity contribution is 0.284.